The van der Waals surface area contributed by atoms with Crippen molar-refractivity contribution in [3.8, 4) is 0 Å². The number of piperidine rings is 1. The topological polar surface area (TPSA) is 58.4 Å². The third-order valence-electron chi connectivity index (χ3n) is 6.57. The lowest BCUT2D eigenvalue weighted by Crippen LogP contribution is -2.55. The molecule has 4 atom stereocenters. The Bertz CT molecular complexity index is 815. The maximum atomic E-state index is 12.8. The van der Waals surface area contributed by atoms with Gasteiger partial charge in [0.05, 0.1) is 23.9 Å². The van der Waals surface area contributed by atoms with E-state index in [1.807, 2.05) is 18.5 Å². The first-order valence-electron chi connectivity index (χ1n) is 9.47. The summed E-state index contributed by atoms with van der Waals surface area (Å²) in [5, 5.41) is 12.5. The van der Waals surface area contributed by atoms with Crippen LogP contribution in [0.4, 0.5) is 0 Å². The van der Waals surface area contributed by atoms with E-state index in [-0.39, 0.29) is 18.0 Å². The maximum absolute atomic E-state index is 12.8. The zero-order valence-electron chi connectivity index (χ0n) is 14.6. The van der Waals surface area contributed by atoms with Crippen LogP contribution in [-0.2, 0) is 11.3 Å². The van der Waals surface area contributed by atoms with Crippen molar-refractivity contribution in [2.24, 2.45) is 11.8 Å². The van der Waals surface area contributed by atoms with Crippen molar-refractivity contribution in [3.63, 3.8) is 0 Å². The molecule has 1 saturated carbocycles. The number of fused-ring (bicyclic) bond motifs is 3. The Morgan fingerprint density at radius 2 is 2.04 bits per heavy atom. The molecule has 0 spiro atoms. The highest BCUT2D eigenvalue weighted by atomic mass is 16.3. The van der Waals surface area contributed by atoms with Crippen molar-refractivity contribution in [1.82, 2.24) is 14.5 Å². The number of aromatic nitrogens is 2. The molecule has 0 aromatic carbocycles. The van der Waals surface area contributed by atoms with E-state index in [9.17, 15) is 9.90 Å². The van der Waals surface area contributed by atoms with Gasteiger partial charge in [-0.1, -0.05) is 6.92 Å². The number of carbonyl (C=O) groups excluding carboxylic acids is 1. The molecule has 2 aromatic heterocycles. The van der Waals surface area contributed by atoms with Gasteiger partial charge >= 0.3 is 0 Å². The molecule has 3 fully saturated rings. The molecule has 3 aliphatic rings. The predicted octanol–water partition coefficient (Wildman–Crippen LogP) is 2.58. The number of carbonyl (C=O) groups is 1. The smallest absolute Gasteiger partial charge is 0.226 e. The van der Waals surface area contributed by atoms with Crippen LogP contribution in [0.5, 0.6) is 0 Å². The molecule has 5 nitrogen and oxygen atoms in total. The van der Waals surface area contributed by atoms with Crippen LogP contribution in [0.1, 0.15) is 39.0 Å². The van der Waals surface area contributed by atoms with Gasteiger partial charge in [0.1, 0.15) is 0 Å². The lowest BCUT2D eigenvalue weighted by Gasteiger charge is -2.44. The van der Waals surface area contributed by atoms with Crippen LogP contribution in [0.15, 0.2) is 30.7 Å². The lowest BCUT2D eigenvalue weighted by molar-refractivity contribution is -0.143. The van der Waals surface area contributed by atoms with Crippen molar-refractivity contribution in [2.75, 3.05) is 0 Å². The second kappa shape index (κ2) is 5.31. The van der Waals surface area contributed by atoms with Crippen LogP contribution in [0.3, 0.4) is 0 Å². The highest BCUT2D eigenvalue weighted by molar-refractivity contribution is 5.82. The minimum atomic E-state index is -0.737. The van der Waals surface area contributed by atoms with Crippen LogP contribution in [-0.4, -0.2) is 43.1 Å². The molecular formula is C20H25N3O2. The largest absolute Gasteiger partial charge is 0.388 e. The van der Waals surface area contributed by atoms with Gasteiger partial charge < -0.3 is 14.6 Å². The number of hydrogen-bond acceptors (Lipinski definition) is 3. The fourth-order valence-corrected chi connectivity index (χ4v) is 5.15. The number of aliphatic hydroxyl groups is 1. The Labute approximate surface area is 147 Å². The van der Waals surface area contributed by atoms with Gasteiger partial charge in [0.2, 0.25) is 5.91 Å². The Hall–Kier alpha value is -1.88. The van der Waals surface area contributed by atoms with Gasteiger partial charge in [0, 0.05) is 35.8 Å². The van der Waals surface area contributed by atoms with Gasteiger partial charge in [-0.2, -0.15) is 0 Å². The van der Waals surface area contributed by atoms with E-state index < -0.39 is 5.60 Å². The second-order valence-electron chi connectivity index (χ2n) is 8.46. The molecule has 5 heteroatoms. The Morgan fingerprint density at radius 1 is 1.32 bits per heavy atom. The molecule has 5 rings (SSSR count). The van der Waals surface area contributed by atoms with Crippen LogP contribution in [0.2, 0.25) is 0 Å². The van der Waals surface area contributed by atoms with E-state index in [1.165, 1.54) is 0 Å². The number of hydrogen-bond donors (Lipinski definition) is 1. The van der Waals surface area contributed by atoms with E-state index in [2.05, 4.69) is 27.4 Å². The molecule has 4 heterocycles. The summed E-state index contributed by atoms with van der Waals surface area (Å²) in [7, 11) is 0. The van der Waals surface area contributed by atoms with Crippen LogP contribution in [0, 0.1) is 11.8 Å². The summed E-state index contributed by atoms with van der Waals surface area (Å²) < 4.78 is 2.11. The first-order valence-corrected chi connectivity index (χ1v) is 9.47. The quantitative estimate of drug-likeness (QED) is 0.935. The van der Waals surface area contributed by atoms with E-state index in [0.29, 0.717) is 31.2 Å². The molecule has 1 N–H and O–H groups in total. The summed E-state index contributed by atoms with van der Waals surface area (Å²) in [5.74, 6) is 1.14. The molecule has 2 saturated heterocycles. The second-order valence-corrected chi connectivity index (χ2v) is 8.46. The third kappa shape index (κ3) is 2.48. The first-order chi connectivity index (χ1) is 12.0. The van der Waals surface area contributed by atoms with Crippen LogP contribution < -0.4 is 0 Å². The Kier molecular flexibility index (Phi) is 3.26. The predicted molar refractivity (Wildman–Crippen MR) is 94.8 cm³/mol. The fourth-order valence-electron chi connectivity index (χ4n) is 5.15. The van der Waals surface area contributed by atoms with Crippen molar-refractivity contribution < 1.29 is 9.90 Å². The monoisotopic (exact) mass is 339 g/mol. The molecule has 2 bridgehead atoms. The van der Waals surface area contributed by atoms with Crippen molar-refractivity contribution in [1.29, 1.82) is 0 Å². The highest BCUT2D eigenvalue weighted by Gasteiger charge is 2.53. The summed E-state index contributed by atoms with van der Waals surface area (Å²) in [4.78, 5) is 19.1. The van der Waals surface area contributed by atoms with Gasteiger partial charge in [-0.3, -0.25) is 9.78 Å². The normalized spacial score (nSPS) is 36.8. The van der Waals surface area contributed by atoms with E-state index in [0.717, 1.165) is 30.2 Å². The highest BCUT2D eigenvalue weighted by Crippen LogP contribution is 2.47. The zero-order chi connectivity index (χ0) is 17.2. The van der Waals surface area contributed by atoms with Gasteiger partial charge in [0.15, 0.2) is 0 Å². The average molecular weight is 339 g/mol. The molecule has 132 valence electrons. The molecule has 1 aliphatic carbocycles. The molecule has 0 unspecified atom stereocenters. The minimum Gasteiger partial charge on any atom is -0.388 e. The van der Waals surface area contributed by atoms with Gasteiger partial charge in [-0.15, -0.1) is 0 Å². The van der Waals surface area contributed by atoms with Crippen LogP contribution in [0.25, 0.3) is 10.9 Å². The van der Waals surface area contributed by atoms with E-state index in [1.54, 1.807) is 6.20 Å². The van der Waals surface area contributed by atoms with E-state index >= 15 is 0 Å². The Balaban J connectivity index is 1.37. The van der Waals surface area contributed by atoms with Crippen molar-refractivity contribution in [3.05, 3.63) is 30.7 Å². The van der Waals surface area contributed by atoms with Crippen molar-refractivity contribution in [2.45, 2.75) is 63.3 Å². The van der Waals surface area contributed by atoms with Gasteiger partial charge in [0.25, 0.3) is 0 Å². The summed E-state index contributed by atoms with van der Waals surface area (Å²) in [6.45, 7) is 2.74. The molecule has 25 heavy (non-hydrogen) atoms. The maximum Gasteiger partial charge on any atom is 0.226 e. The number of nitrogens with zero attached hydrogens (tertiary/aromatic N) is 3. The molecule has 2 aliphatic heterocycles. The summed E-state index contributed by atoms with van der Waals surface area (Å²) in [6, 6.07) is 4.49. The first kappa shape index (κ1) is 15.4. The molecular weight excluding hydrogens is 314 g/mol. The number of amides is 1. The van der Waals surface area contributed by atoms with E-state index in [4.69, 9.17) is 0 Å². The average Bonchev–Trinajstić information content (AvgIpc) is 3.08. The molecule has 1 amide bonds. The fraction of sp³-hybridized carbons (Fsp3) is 0.600. The molecule has 0 radical (unpaired) electrons. The zero-order valence-corrected chi connectivity index (χ0v) is 14.6. The summed E-state index contributed by atoms with van der Waals surface area (Å²) in [5.41, 5.74) is 0.327. The third-order valence-corrected chi connectivity index (χ3v) is 6.57. The number of pyridine rings is 1. The van der Waals surface area contributed by atoms with Crippen molar-refractivity contribution >= 4 is 16.8 Å². The lowest BCUT2D eigenvalue weighted by atomic mass is 9.85. The van der Waals surface area contributed by atoms with Gasteiger partial charge in [-0.25, -0.2) is 0 Å². The van der Waals surface area contributed by atoms with Gasteiger partial charge in [-0.05, 0) is 50.2 Å². The standard InChI is InChI=1S/C20H25N3O2/c1-13-8-17(13)19(24)23-15-2-3-16(23)10-20(25,9-15)12-22-7-5-14-4-6-21-11-18(14)22/h4-7,11,13,15-17,25H,2-3,8-10,12H2,1H3/t13-,15+,16+,17+/m0/s1. The Morgan fingerprint density at radius 3 is 2.72 bits per heavy atom. The summed E-state index contributed by atoms with van der Waals surface area (Å²) >= 11 is 0. The van der Waals surface area contributed by atoms with Crippen LogP contribution >= 0.6 is 0 Å². The summed E-state index contributed by atoms with van der Waals surface area (Å²) in [6.07, 6.45) is 10.2. The SMILES string of the molecule is C[C@H]1C[C@H]1C(=O)N1[C@@H]2CC[C@@H]1CC(O)(Cn1ccc3ccncc31)C2. The molecule has 2 aromatic rings. The minimum absolute atomic E-state index is 0.212. The number of rotatable bonds is 3.